The van der Waals surface area contributed by atoms with Gasteiger partial charge in [0.2, 0.25) is 0 Å². The number of nitrogens with one attached hydrogen (secondary N) is 1. The number of morpholine rings is 1. The Bertz CT molecular complexity index is 324. The molecular formula is C10H11Cl2NO. The van der Waals surface area contributed by atoms with Crippen LogP contribution in [0.25, 0.3) is 0 Å². The lowest BCUT2D eigenvalue weighted by molar-refractivity contribution is 0.0278. The second kappa shape index (κ2) is 4.49. The van der Waals surface area contributed by atoms with Crippen molar-refractivity contribution in [3.63, 3.8) is 0 Å². The number of rotatable bonds is 1. The monoisotopic (exact) mass is 231 g/mol. The van der Waals surface area contributed by atoms with E-state index in [1.807, 2.05) is 6.07 Å². The van der Waals surface area contributed by atoms with Crippen LogP contribution in [0.15, 0.2) is 18.2 Å². The van der Waals surface area contributed by atoms with E-state index in [9.17, 15) is 0 Å². The van der Waals surface area contributed by atoms with Crippen molar-refractivity contribution in [2.45, 2.75) is 6.10 Å². The highest BCUT2D eigenvalue weighted by molar-refractivity contribution is 6.33. The summed E-state index contributed by atoms with van der Waals surface area (Å²) in [6.07, 6.45) is 0.0231. The third-order valence-corrected chi connectivity index (χ3v) is 2.81. The summed E-state index contributed by atoms with van der Waals surface area (Å²) in [4.78, 5) is 0. The first-order valence-corrected chi connectivity index (χ1v) is 5.30. The zero-order valence-corrected chi connectivity index (χ0v) is 9.11. The van der Waals surface area contributed by atoms with Gasteiger partial charge in [0.25, 0.3) is 0 Å². The fourth-order valence-electron chi connectivity index (χ4n) is 1.53. The molecule has 1 atom stereocenters. The lowest BCUT2D eigenvalue weighted by atomic mass is 10.1. The Balaban J connectivity index is 2.24. The van der Waals surface area contributed by atoms with E-state index in [0.29, 0.717) is 16.7 Å². The second-order valence-corrected chi connectivity index (χ2v) is 4.07. The van der Waals surface area contributed by atoms with Crippen LogP contribution in [0.4, 0.5) is 0 Å². The fourth-order valence-corrected chi connectivity index (χ4v) is 1.95. The maximum Gasteiger partial charge on any atom is 0.0964 e. The van der Waals surface area contributed by atoms with Crippen LogP contribution in [-0.2, 0) is 4.74 Å². The molecule has 0 radical (unpaired) electrons. The van der Waals surface area contributed by atoms with Gasteiger partial charge in [0, 0.05) is 28.7 Å². The molecule has 1 fully saturated rings. The third kappa shape index (κ3) is 2.20. The average Bonchev–Trinajstić information content (AvgIpc) is 2.23. The predicted octanol–water partition coefficient (Wildman–Crippen LogP) is 2.65. The molecule has 1 aliphatic rings. The van der Waals surface area contributed by atoms with Gasteiger partial charge in [-0.25, -0.2) is 0 Å². The second-order valence-electron chi connectivity index (χ2n) is 3.23. The van der Waals surface area contributed by atoms with Gasteiger partial charge in [-0.3, -0.25) is 0 Å². The number of hydrogen-bond acceptors (Lipinski definition) is 2. The van der Waals surface area contributed by atoms with Crippen molar-refractivity contribution >= 4 is 23.2 Å². The van der Waals surface area contributed by atoms with E-state index in [1.165, 1.54) is 0 Å². The molecule has 2 nitrogen and oxygen atoms in total. The van der Waals surface area contributed by atoms with Gasteiger partial charge in [0.05, 0.1) is 12.7 Å². The minimum atomic E-state index is 0.0231. The van der Waals surface area contributed by atoms with Crippen molar-refractivity contribution in [3.8, 4) is 0 Å². The highest BCUT2D eigenvalue weighted by atomic mass is 35.5. The minimum Gasteiger partial charge on any atom is -0.371 e. The highest BCUT2D eigenvalue weighted by Gasteiger charge is 2.18. The van der Waals surface area contributed by atoms with Crippen molar-refractivity contribution in [3.05, 3.63) is 33.8 Å². The Morgan fingerprint density at radius 3 is 2.93 bits per heavy atom. The quantitative estimate of drug-likeness (QED) is 0.803. The van der Waals surface area contributed by atoms with Crippen LogP contribution in [0.2, 0.25) is 10.0 Å². The maximum absolute atomic E-state index is 6.06. The van der Waals surface area contributed by atoms with Crippen molar-refractivity contribution in [1.29, 1.82) is 0 Å². The normalized spacial score (nSPS) is 22.3. The first-order chi connectivity index (χ1) is 6.77. The molecule has 1 unspecified atom stereocenters. The van der Waals surface area contributed by atoms with Gasteiger partial charge in [-0.1, -0.05) is 23.2 Å². The molecule has 1 aliphatic heterocycles. The van der Waals surface area contributed by atoms with E-state index in [1.54, 1.807) is 12.1 Å². The standard InChI is InChI=1S/C10H11Cl2NO/c11-7-1-2-9(12)8(5-7)10-6-13-3-4-14-10/h1-2,5,10,13H,3-4,6H2. The lowest BCUT2D eigenvalue weighted by Crippen LogP contribution is -2.33. The third-order valence-electron chi connectivity index (χ3n) is 2.23. The Hall–Kier alpha value is -0.280. The number of benzene rings is 1. The smallest absolute Gasteiger partial charge is 0.0964 e. The molecule has 0 spiro atoms. The first kappa shape index (κ1) is 10.2. The molecule has 0 bridgehead atoms. The van der Waals surface area contributed by atoms with Gasteiger partial charge in [-0.15, -0.1) is 0 Å². The van der Waals surface area contributed by atoms with Crippen LogP contribution in [0.3, 0.4) is 0 Å². The molecule has 0 aromatic heterocycles. The summed E-state index contributed by atoms with van der Waals surface area (Å²) >= 11 is 12.0. The summed E-state index contributed by atoms with van der Waals surface area (Å²) in [5, 5.41) is 4.66. The first-order valence-electron chi connectivity index (χ1n) is 4.54. The molecule has 76 valence electrons. The summed E-state index contributed by atoms with van der Waals surface area (Å²) in [6, 6.07) is 5.45. The lowest BCUT2D eigenvalue weighted by Gasteiger charge is -2.24. The molecule has 4 heteroatoms. The zero-order valence-electron chi connectivity index (χ0n) is 7.59. The Morgan fingerprint density at radius 1 is 1.36 bits per heavy atom. The Morgan fingerprint density at radius 2 is 2.21 bits per heavy atom. The SMILES string of the molecule is Clc1ccc(Cl)c(C2CNCCO2)c1. The van der Waals surface area contributed by atoms with Gasteiger partial charge in [-0.2, -0.15) is 0 Å². The van der Waals surface area contributed by atoms with Gasteiger partial charge >= 0.3 is 0 Å². The summed E-state index contributed by atoms with van der Waals surface area (Å²) in [7, 11) is 0. The van der Waals surface area contributed by atoms with Crippen molar-refractivity contribution < 1.29 is 4.74 Å². The molecule has 1 heterocycles. The summed E-state index contributed by atoms with van der Waals surface area (Å²) in [6.45, 7) is 2.41. The molecular weight excluding hydrogens is 221 g/mol. The fraction of sp³-hybridized carbons (Fsp3) is 0.400. The predicted molar refractivity (Wildman–Crippen MR) is 58.0 cm³/mol. The number of ether oxygens (including phenoxy) is 1. The van der Waals surface area contributed by atoms with E-state index in [2.05, 4.69) is 5.32 Å². The van der Waals surface area contributed by atoms with Crippen LogP contribution in [-0.4, -0.2) is 19.7 Å². The Labute approximate surface area is 93.2 Å². The summed E-state index contributed by atoms with van der Waals surface area (Å²) < 4.78 is 5.59. The van der Waals surface area contributed by atoms with E-state index in [4.69, 9.17) is 27.9 Å². The molecule has 1 aromatic carbocycles. The zero-order chi connectivity index (χ0) is 9.97. The largest absolute Gasteiger partial charge is 0.371 e. The highest BCUT2D eigenvalue weighted by Crippen LogP contribution is 2.28. The van der Waals surface area contributed by atoms with E-state index >= 15 is 0 Å². The summed E-state index contributed by atoms with van der Waals surface area (Å²) in [5.74, 6) is 0. The Kier molecular flexibility index (Phi) is 3.29. The van der Waals surface area contributed by atoms with Crippen molar-refractivity contribution in [2.75, 3.05) is 19.7 Å². The minimum absolute atomic E-state index is 0.0231. The van der Waals surface area contributed by atoms with Gasteiger partial charge in [-0.05, 0) is 18.2 Å². The van der Waals surface area contributed by atoms with E-state index in [0.717, 1.165) is 18.7 Å². The van der Waals surface area contributed by atoms with Crippen LogP contribution in [0, 0.1) is 0 Å². The van der Waals surface area contributed by atoms with Gasteiger partial charge in [0.1, 0.15) is 0 Å². The topological polar surface area (TPSA) is 21.3 Å². The molecule has 0 amide bonds. The number of hydrogen-bond donors (Lipinski definition) is 1. The van der Waals surface area contributed by atoms with Gasteiger partial charge in [0.15, 0.2) is 0 Å². The maximum atomic E-state index is 6.06. The van der Waals surface area contributed by atoms with Crippen molar-refractivity contribution in [2.24, 2.45) is 0 Å². The molecule has 2 rings (SSSR count). The average molecular weight is 232 g/mol. The van der Waals surface area contributed by atoms with E-state index < -0.39 is 0 Å². The molecule has 0 saturated carbocycles. The van der Waals surface area contributed by atoms with E-state index in [-0.39, 0.29) is 6.10 Å². The van der Waals surface area contributed by atoms with Crippen LogP contribution >= 0.6 is 23.2 Å². The number of halogens is 2. The molecule has 1 N–H and O–H groups in total. The molecule has 1 aromatic rings. The molecule has 1 saturated heterocycles. The van der Waals surface area contributed by atoms with Crippen LogP contribution in [0.5, 0.6) is 0 Å². The van der Waals surface area contributed by atoms with Crippen molar-refractivity contribution in [1.82, 2.24) is 5.32 Å². The van der Waals surface area contributed by atoms with Crippen LogP contribution in [0.1, 0.15) is 11.7 Å². The molecule has 14 heavy (non-hydrogen) atoms. The summed E-state index contributed by atoms with van der Waals surface area (Å²) in [5.41, 5.74) is 0.964. The van der Waals surface area contributed by atoms with Gasteiger partial charge < -0.3 is 10.1 Å². The van der Waals surface area contributed by atoms with Crippen LogP contribution < -0.4 is 5.32 Å². The molecule has 0 aliphatic carbocycles.